The summed E-state index contributed by atoms with van der Waals surface area (Å²) in [7, 11) is -5.81. The Kier molecular flexibility index (Phi) is 5.70. The number of halogens is 3. The normalized spacial score (nSPS) is 12.1. The monoisotopic (exact) mass is 459 g/mol. The molecule has 0 aliphatic carbocycles. The molecule has 0 saturated heterocycles. The van der Waals surface area contributed by atoms with Gasteiger partial charge in [-0.2, -0.15) is 21.6 Å². The van der Waals surface area contributed by atoms with Gasteiger partial charge in [0.1, 0.15) is 5.82 Å². The molecular formula is C22H16F3N3O3S. The van der Waals surface area contributed by atoms with Crippen molar-refractivity contribution in [2.75, 3.05) is 5.32 Å². The Morgan fingerprint density at radius 2 is 1.44 bits per heavy atom. The van der Waals surface area contributed by atoms with Crippen molar-refractivity contribution in [1.29, 1.82) is 0 Å². The van der Waals surface area contributed by atoms with Crippen LogP contribution in [0.25, 0.3) is 10.9 Å². The van der Waals surface area contributed by atoms with E-state index in [1.54, 1.807) is 0 Å². The van der Waals surface area contributed by atoms with E-state index in [0.29, 0.717) is 11.2 Å². The van der Waals surface area contributed by atoms with Crippen LogP contribution in [-0.2, 0) is 10.1 Å². The highest BCUT2D eigenvalue weighted by Gasteiger charge is 2.48. The zero-order valence-corrected chi connectivity index (χ0v) is 17.1. The quantitative estimate of drug-likeness (QED) is 0.321. The second-order valence-corrected chi connectivity index (χ2v) is 8.30. The summed E-state index contributed by atoms with van der Waals surface area (Å²) in [5.74, 6) is -0.257. The minimum absolute atomic E-state index is 0.220. The molecule has 0 amide bonds. The van der Waals surface area contributed by atoms with Gasteiger partial charge in [-0.3, -0.25) is 0 Å². The summed E-state index contributed by atoms with van der Waals surface area (Å²) in [4.78, 5) is 8.26. The second-order valence-electron chi connectivity index (χ2n) is 6.76. The number of aromatic nitrogens is 2. The van der Waals surface area contributed by atoms with Gasteiger partial charge in [-0.15, -0.1) is 0 Å². The number of rotatable bonds is 6. The number of benzene rings is 2. The van der Waals surface area contributed by atoms with Crippen molar-refractivity contribution >= 4 is 26.8 Å². The number of fused-ring (bicyclic) bond motifs is 1. The van der Waals surface area contributed by atoms with E-state index in [2.05, 4.69) is 19.5 Å². The van der Waals surface area contributed by atoms with Crippen LogP contribution in [-0.4, -0.2) is 23.9 Å². The van der Waals surface area contributed by atoms with Gasteiger partial charge in [0.2, 0.25) is 5.88 Å². The summed E-state index contributed by atoms with van der Waals surface area (Å²) >= 11 is 0. The first-order valence-corrected chi connectivity index (χ1v) is 10.8. The third kappa shape index (κ3) is 4.50. The van der Waals surface area contributed by atoms with E-state index in [1.165, 1.54) is 18.3 Å². The van der Waals surface area contributed by atoms with Crippen molar-refractivity contribution in [3.63, 3.8) is 0 Å². The molecule has 10 heteroatoms. The average molecular weight is 459 g/mol. The Labute approximate surface area is 181 Å². The lowest BCUT2D eigenvalue weighted by molar-refractivity contribution is -0.0501. The van der Waals surface area contributed by atoms with Crippen LogP contribution in [0, 0.1) is 0 Å². The smallest absolute Gasteiger partial charge is 0.359 e. The Bertz CT molecular complexity index is 1290. The van der Waals surface area contributed by atoms with E-state index in [-0.39, 0.29) is 11.6 Å². The second kappa shape index (κ2) is 8.46. The number of pyridine rings is 2. The summed E-state index contributed by atoms with van der Waals surface area (Å²) in [6, 6.07) is 22.9. The molecule has 2 aromatic heterocycles. The highest BCUT2D eigenvalue weighted by atomic mass is 32.2. The van der Waals surface area contributed by atoms with Crippen molar-refractivity contribution in [2.24, 2.45) is 0 Å². The van der Waals surface area contributed by atoms with Gasteiger partial charge in [0.05, 0.1) is 11.6 Å². The zero-order valence-electron chi connectivity index (χ0n) is 16.3. The summed E-state index contributed by atoms with van der Waals surface area (Å²) in [6.45, 7) is 0. The zero-order chi connectivity index (χ0) is 22.8. The van der Waals surface area contributed by atoms with Crippen LogP contribution in [0.4, 0.5) is 19.0 Å². The Morgan fingerprint density at radius 3 is 2.00 bits per heavy atom. The molecule has 0 radical (unpaired) electrons. The van der Waals surface area contributed by atoms with Crippen LogP contribution in [0.5, 0.6) is 5.88 Å². The molecule has 0 fully saturated rings. The Hall–Kier alpha value is -3.66. The first-order chi connectivity index (χ1) is 15.2. The molecule has 164 valence electrons. The fourth-order valence-electron chi connectivity index (χ4n) is 3.14. The summed E-state index contributed by atoms with van der Waals surface area (Å²) < 4.78 is 64.5. The van der Waals surface area contributed by atoms with Crippen LogP contribution in [0.3, 0.4) is 0 Å². The SMILES string of the molecule is O=S(=O)(Oc1ccc2c(NC(c3ccccc3)c3ccccc3)nccc2n1)C(F)(F)F. The van der Waals surface area contributed by atoms with Crippen LogP contribution in [0.15, 0.2) is 85.1 Å². The number of hydrogen-bond acceptors (Lipinski definition) is 6. The number of hydrogen-bond donors (Lipinski definition) is 1. The van der Waals surface area contributed by atoms with Crippen molar-refractivity contribution in [1.82, 2.24) is 9.97 Å². The first kappa shape index (κ1) is 21.6. The molecule has 1 N–H and O–H groups in total. The van der Waals surface area contributed by atoms with Gasteiger partial charge in [0, 0.05) is 17.6 Å². The summed E-state index contributed by atoms with van der Waals surface area (Å²) in [6.07, 6.45) is 1.42. The standard InChI is InChI=1S/C22H16F3N3O3S/c23-22(24,25)32(29,30)31-19-12-11-17-18(27-19)13-14-26-21(17)28-20(15-7-3-1-4-8-15)16-9-5-2-6-10-16/h1-14,20H,(H,26,28). The molecular weight excluding hydrogens is 443 g/mol. The molecule has 32 heavy (non-hydrogen) atoms. The molecule has 0 spiro atoms. The predicted octanol–water partition coefficient (Wildman–Crippen LogP) is 5.06. The number of nitrogens with zero attached hydrogens (tertiary/aromatic N) is 2. The number of alkyl halides is 3. The predicted molar refractivity (Wildman–Crippen MR) is 113 cm³/mol. The van der Waals surface area contributed by atoms with Gasteiger partial charge in [-0.25, -0.2) is 9.97 Å². The topological polar surface area (TPSA) is 81.2 Å². The van der Waals surface area contributed by atoms with Crippen molar-refractivity contribution in [3.05, 3.63) is 96.2 Å². The van der Waals surface area contributed by atoms with E-state index < -0.39 is 21.5 Å². The van der Waals surface area contributed by atoms with Crippen molar-refractivity contribution in [3.8, 4) is 5.88 Å². The van der Waals surface area contributed by atoms with Crippen LogP contribution in [0.2, 0.25) is 0 Å². The fraction of sp³-hybridized carbons (Fsp3) is 0.0909. The molecule has 0 bridgehead atoms. The fourth-order valence-corrected chi connectivity index (χ4v) is 3.56. The van der Waals surface area contributed by atoms with Gasteiger partial charge in [0.15, 0.2) is 0 Å². The van der Waals surface area contributed by atoms with Crippen LogP contribution in [0.1, 0.15) is 17.2 Å². The van der Waals surface area contributed by atoms with E-state index in [1.807, 2.05) is 60.7 Å². The highest BCUT2D eigenvalue weighted by molar-refractivity contribution is 7.87. The Morgan fingerprint density at radius 1 is 0.844 bits per heavy atom. The minimum Gasteiger partial charge on any atom is -0.359 e. The molecule has 4 rings (SSSR count). The van der Waals surface area contributed by atoms with E-state index in [4.69, 9.17) is 0 Å². The molecule has 2 aromatic carbocycles. The van der Waals surface area contributed by atoms with Gasteiger partial charge in [-0.05, 0) is 23.3 Å². The van der Waals surface area contributed by atoms with Gasteiger partial charge >= 0.3 is 15.6 Å². The maximum absolute atomic E-state index is 12.6. The molecule has 0 aliphatic rings. The van der Waals surface area contributed by atoms with Gasteiger partial charge in [0.25, 0.3) is 0 Å². The lowest BCUT2D eigenvalue weighted by Crippen LogP contribution is -2.28. The maximum atomic E-state index is 12.6. The molecule has 4 aromatic rings. The molecule has 6 nitrogen and oxygen atoms in total. The summed E-state index contributed by atoms with van der Waals surface area (Å²) in [5, 5.41) is 3.84. The average Bonchev–Trinajstić information content (AvgIpc) is 2.77. The van der Waals surface area contributed by atoms with E-state index in [0.717, 1.165) is 17.2 Å². The van der Waals surface area contributed by atoms with Crippen LogP contribution < -0.4 is 9.50 Å². The molecule has 0 aliphatic heterocycles. The van der Waals surface area contributed by atoms with Gasteiger partial charge in [-0.1, -0.05) is 60.7 Å². The van der Waals surface area contributed by atoms with Crippen LogP contribution >= 0.6 is 0 Å². The van der Waals surface area contributed by atoms with Crippen molar-refractivity contribution < 1.29 is 25.8 Å². The lowest BCUT2D eigenvalue weighted by Gasteiger charge is -2.21. The maximum Gasteiger partial charge on any atom is 0.534 e. The third-order valence-electron chi connectivity index (χ3n) is 4.62. The third-order valence-corrected chi connectivity index (χ3v) is 5.57. The van der Waals surface area contributed by atoms with Crippen molar-refractivity contribution in [2.45, 2.75) is 11.6 Å². The largest absolute Gasteiger partial charge is 0.534 e. The number of nitrogens with one attached hydrogen (secondary N) is 1. The van der Waals surface area contributed by atoms with E-state index in [9.17, 15) is 21.6 Å². The first-order valence-electron chi connectivity index (χ1n) is 9.37. The summed E-state index contributed by atoms with van der Waals surface area (Å²) in [5.41, 5.74) is -3.38. The lowest BCUT2D eigenvalue weighted by atomic mass is 9.98. The van der Waals surface area contributed by atoms with E-state index >= 15 is 0 Å². The Balaban J connectivity index is 1.71. The molecule has 2 heterocycles. The molecule has 0 atom stereocenters. The molecule has 0 saturated carbocycles. The number of anilines is 1. The minimum atomic E-state index is -5.81. The van der Waals surface area contributed by atoms with Gasteiger partial charge < -0.3 is 9.50 Å². The molecule has 0 unspecified atom stereocenters. The highest BCUT2D eigenvalue weighted by Crippen LogP contribution is 2.31.